The normalized spacial score (nSPS) is 19.9. The minimum Gasteiger partial charge on any atom is 0 e. The molecule has 0 spiro atoms. The van der Waals surface area contributed by atoms with E-state index in [0.29, 0.717) is 5.92 Å². The van der Waals surface area contributed by atoms with Crippen molar-refractivity contribution in [2.24, 2.45) is 17.8 Å². The van der Waals surface area contributed by atoms with Crippen molar-refractivity contribution in [1.29, 1.82) is 0 Å². The van der Waals surface area contributed by atoms with Crippen molar-refractivity contribution in [3.63, 3.8) is 0 Å². The van der Waals surface area contributed by atoms with Crippen LogP contribution in [0, 0.1) is 37.7 Å². The van der Waals surface area contributed by atoms with Crippen molar-refractivity contribution in [1.82, 2.24) is 4.90 Å². The zero-order chi connectivity index (χ0) is 28.2. The number of ether oxygens (including phenoxy) is 1. The molecule has 0 aliphatic heterocycles. The summed E-state index contributed by atoms with van der Waals surface area (Å²) in [5, 5.41) is 2.37. The van der Waals surface area contributed by atoms with Crippen LogP contribution in [0.3, 0.4) is 0 Å². The summed E-state index contributed by atoms with van der Waals surface area (Å²) in [5.74, 6) is 1.29. The largest absolute Gasteiger partial charge is 0 e. The Balaban J connectivity index is 0.00000102. The van der Waals surface area contributed by atoms with E-state index in [1.807, 2.05) is 0 Å². The van der Waals surface area contributed by atoms with Gasteiger partial charge >= 0.3 is 39.9 Å². The fraction of sp³-hybridized carbons (Fsp3) is 0.375. The first-order valence-electron chi connectivity index (χ1n) is 12.6. The fourth-order valence-corrected chi connectivity index (χ4v) is 5.83. The van der Waals surface area contributed by atoms with Gasteiger partial charge in [0.2, 0.25) is 0 Å². The minimum atomic E-state index is -0.398. The molecule has 0 N–H and O–H groups in total. The molecule has 2 fully saturated rings. The molecular formula is C32H33CrNO5. The van der Waals surface area contributed by atoms with Gasteiger partial charge in [-0.05, 0) is 80.1 Å². The van der Waals surface area contributed by atoms with Crippen molar-refractivity contribution >= 4 is 16.7 Å². The number of hydrogen-bond donors (Lipinski definition) is 0. The van der Waals surface area contributed by atoms with Crippen LogP contribution in [-0.2, 0) is 40.8 Å². The van der Waals surface area contributed by atoms with Crippen molar-refractivity contribution in [2.75, 3.05) is 14.1 Å². The molecule has 2 bridgehead atoms. The third-order valence-corrected chi connectivity index (χ3v) is 7.85. The molecule has 3 aromatic carbocycles. The summed E-state index contributed by atoms with van der Waals surface area (Å²) in [5.41, 5.74) is 3.33. The Kier molecular flexibility index (Phi) is 14.8. The van der Waals surface area contributed by atoms with Crippen LogP contribution < -0.4 is 0 Å². The molecule has 202 valence electrons. The standard InChI is InChI=1S/C29H33NO2.3CO.Cr/c1-19(30(2)3)25-10-6-7-11-26(25)28(24-15-14-21-8-4-5-9-22(21)18-24)32-29(31)27-17-20-12-13-23(27)16-20;3*1-2;/h4-11,14-15,18-20,23,27-28H,12-13,16-17H2,1-3H3;;;;/t19-,20-,23+,27+,28+;;;;/m1..../s1. The molecule has 0 unspecified atom stereocenters. The van der Waals surface area contributed by atoms with Crippen LogP contribution in [0.4, 0.5) is 0 Å². The summed E-state index contributed by atoms with van der Waals surface area (Å²) >= 11 is 0. The molecule has 0 amide bonds. The van der Waals surface area contributed by atoms with E-state index < -0.39 is 6.10 Å². The quantitative estimate of drug-likeness (QED) is 0.197. The SMILES string of the molecule is C[C@H](c1ccccc1[C@@H](OC(=O)[C@H]1C[C@@H]2CC[C@H]1C2)c1ccc2ccccc2c1)N(C)C.[C-]#[O+].[C-]#[O+].[C-]#[O+].[Cr]. The Labute approximate surface area is 242 Å². The van der Waals surface area contributed by atoms with Crippen LogP contribution in [0.2, 0.25) is 0 Å². The maximum atomic E-state index is 13.4. The number of carbonyl (C=O) groups is 1. The summed E-state index contributed by atoms with van der Waals surface area (Å²) in [7, 11) is 4.18. The Morgan fingerprint density at radius 2 is 1.44 bits per heavy atom. The van der Waals surface area contributed by atoms with Gasteiger partial charge in [0.05, 0.1) is 5.92 Å². The molecule has 7 heteroatoms. The first-order valence-corrected chi connectivity index (χ1v) is 12.6. The number of carbonyl (C=O) groups excluding carboxylic acids is 1. The second-order valence-corrected chi connectivity index (χ2v) is 9.97. The van der Waals surface area contributed by atoms with E-state index in [1.54, 1.807) is 0 Å². The van der Waals surface area contributed by atoms with Crippen LogP contribution in [0.5, 0.6) is 0 Å². The summed E-state index contributed by atoms with van der Waals surface area (Å²) in [6.07, 6.45) is 4.27. The van der Waals surface area contributed by atoms with Gasteiger partial charge in [0, 0.05) is 29.0 Å². The Morgan fingerprint density at radius 1 is 0.846 bits per heavy atom. The van der Waals surface area contributed by atoms with Gasteiger partial charge in [0.15, 0.2) is 6.10 Å². The molecule has 5 rings (SSSR count). The molecule has 0 heterocycles. The van der Waals surface area contributed by atoms with E-state index in [2.05, 4.69) is 113 Å². The Bertz CT molecular complexity index is 1250. The fourth-order valence-electron chi connectivity index (χ4n) is 5.83. The number of hydrogen-bond acceptors (Lipinski definition) is 3. The van der Waals surface area contributed by atoms with Crippen molar-refractivity contribution in [2.45, 2.75) is 44.8 Å². The van der Waals surface area contributed by atoms with Crippen LogP contribution in [0.15, 0.2) is 66.7 Å². The number of rotatable bonds is 6. The molecule has 0 radical (unpaired) electrons. The number of benzene rings is 3. The third-order valence-electron chi connectivity index (χ3n) is 7.85. The van der Waals surface area contributed by atoms with Gasteiger partial charge < -0.3 is 9.64 Å². The maximum absolute atomic E-state index is 13.4. The minimum absolute atomic E-state index is 0. The van der Waals surface area contributed by atoms with Gasteiger partial charge in [-0.2, -0.15) is 0 Å². The van der Waals surface area contributed by atoms with E-state index >= 15 is 0 Å². The third kappa shape index (κ3) is 8.06. The average Bonchev–Trinajstić information content (AvgIpc) is 3.63. The van der Waals surface area contributed by atoms with Gasteiger partial charge in [-0.3, -0.25) is 4.79 Å². The van der Waals surface area contributed by atoms with Crippen LogP contribution >= 0.6 is 0 Å². The van der Waals surface area contributed by atoms with E-state index in [9.17, 15) is 4.79 Å². The molecule has 2 aliphatic rings. The number of nitrogens with zero attached hydrogens (tertiary/aromatic N) is 1. The molecule has 3 aromatic rings. The Morgan fingerprint density at radius 3 is 2.00 bits per heavy atom. The molecule has 2 saturated carbocycles. The van der Waals surface area contributed by atoms with Crippen LogP contribution in [0.1, 0.15) is 61.4 Å². The number of esters is 1. The van der Waals surface area contributed by atoms with Gasteiger partial charge in [-0.15, -0.1) is 0 Å². The Hall–Kier alpha value is -2.90. The van der Waals surface area contributed by atoms with E-state index in [-0.39, 0.29) is 35.3 Å². The van der Waals surface area contributed by atoms with E-state index in [4.69, 9.17) is 18.7 Å². The first-order chi connectivity index (χ1) is 18.5. The summed E-state index contributed by atoms with van der Waals surface area (Å²) < 4.78 is 28.9. The predicted octanol–water partition coefficient (Wildman–Crippen LogP) is 6.42. The van der Waals surface area contributed by atoms with Gasteiger partial charge in [-0.25, -0.2) is 0 Å². The molecule has 39 heavy (non-hydrogen) atoms. The van der Waals surface area contributed by atoms with Crippen molar-refractivity contribution in [3.8, 4) is 0 Å². The average molecular weight is 564 g/mol. The predicted molar refractivity (Wildman–Crippen MR) is 141 cm³/mol. The second kappa shape index (κ2) is 16.9. The van der Waals surface area contributed by atoms with Crippen LogP contribution in [-0.4, -0.2) is 25.0 Å². The molecule has 0 saturated heterocycles. The smallest absolute Gasteiger partial charge is 0 e. The topological polar surface area (TPSA) is 89.2 Å². The van der Waals surface area contributed by atoms with Crippen LogP contribution in [0.25, 0.3) is 10.8 Å². The summed E-state index contributed by atoms with van der Waals surface area (Å²) in [4.78, 5) is 15.6. The monoisotopic (exact) mass is 563 g/mol. The second-order valence-electron chi connectivity index (χ2n) is 9.97. The van der Waals surface area contributed by atoms with E-state index in [0.717, 1.165) is 23.5 Å². The van der Waals surface area contributed by atoms with Gasteiger partial charge in [0.1, 0.15) is 0 Å². The molecule has 2 aliphatic carbocycles. The summed E-state index contributed by atoms with van der Waals surface area (Å²) in [6.45, 7) is 15.7. The molecule has 0 aromatic heterocycles. The van der Waals surface area contributed by atoms with E-state index in [1.165, 1.54) is 35.6 Å². The summed E-state index contributed by atoms with van der Waals surface area (Å²) in [6, 6.07) is 23.5. The zero-order valence-electron chi connectivity index (χ0n) is 22.5. The molecule has 6 nitrogen and oxygen atoms in total. The number of fused-ring (bicyclic) bond motifs is 3. The molecular weight excluding hydrogens is 530 g/mol. The van der Waals surface area contributed by atoms with Crippen molar-refractivity contribution in [3.05, 3.63) is 103 Å². The zero-order valence-corrected chi connectivity index (χ0v) is 23.7. The first kappa shape index (κ1) is 34.1. The van der Waals surface area contributed by atoms with Crippen molar-refractivity contribution < 1.29 is 40.8 Å². The maximum Gasteiger partial charge on any atom is 0 e. The molecule has 5 atom stereocenters. The van der Waals surface area contributed by atoms with Gasteiger partial charge in [-0.1, -0.05) is 67.1 Å². The van der Waals surface area contributed by atoms with Gasteiger partial charge in [0.25, 0.3) is 0 Å².